The first-order chi connectivity index (χ1) is 9.58. The Morgan fingerprint density at radius 1 is 1.10 bits per heavy atom. The molecule has 102 valence electrons. The number of pyridine rings is 1. The molecule has 1 aromatic carbocycles. The van der Waals surface area contributed by atoms with Crippen molar-refractivity contribution in [2.45, 2.75) is 18.9 Å². The molecule has 3 rings (SSSR count). The molecule has 0 spiro atoms. The monoisotopic (exact) mass is 307 g/mol. The second kappa shape index (κ2) is 5.08. The van der Waals surface area contributed by atoms with E-state index in [9.17, 15) is 9.59 Å². The van der Waals surface area contributed by atoms with E-state index in [4.69, 9.17) is 23.2 Å². The van der Waals surface area contributed by atoms with E-state index in [0.717, 1.165) is 24.1 Å². The molecule has 5 heteroatoms. The van der Waals surface area contributed by atoms with Gasteiger partial charge in [-0.05, 0) is 54.3 Å². The number of carbonyl (C=O) groups excluding carboxylic acids is 1. The SMILES string of the molecule is O=C(Cl)c1ccc(-c2ccc(Cl)cc2)n(C2CC2)c1=O. The van der Waals surface area contributed by atoms with Crippen molar-refractivity contribution in [3.63, 3.8) is 0 Å². The number of benzene rings is 1. The lowest BCUT2D eigenvalue weighted by atomic mass is 10.1. The Hall–Kier alpha value is -1.58. The maximum Gasteiger partial charge on any atom is 0.263 e. The van der Waals surface area contributed by atoms with E-state index < -0.39 is 5.24 Å². The highest BCUT2D eigenvalue weighted by molar-refractivity contribution is 6.67. The van der Waals surface area contributed by atoms with Crippen molar-refractivity contribution in [1.82, 2.24) is 4.57 Å². The number of hydrogen-bond acceptors (Lipinski definition) is 2. The lowest BCUT2D eigenvalue weighted by Crippen LogP contribution is -2.25. The molecule has 2 aromatic rings. The Labute approximate surface area is 125 Å². The predicted molar refractivity (Wildman–Crippen MR) is 79.6 cm³/mol. The van der Waals surface area contributed by atoms with Gasteiger partial charge in [0.25, 0.3) is 10.8 Å². The summed E-state index contributed by atoms with van der Waals surface area (Å²) in [5, 5.41) is -0.0753. The molecule has 0 saturated heterocycles. The molecule has 0 bridgehead atoms. The highest BCUT2D eigenvalue weighted by atomic mass is 35.5. The third kappa shape index (κ3) is 2.39. The molecule has 1 aliphatic carbocycles. The number of nitrogens with zero attached hydrogens (tertiary/aromatic N) is 1. The van der Waals surface area contributed by atoms with Crippen LogP contribution in [0.4, 0.5) is 0 Å². The first-order valence-corrected chi connectivity index (χ1v) is 7.05. The van der Waals surface area contributed by atoms with Crippen LogP contribution in [0.5, 0.6) is 0 Å². The number of halogens is 2. The Kier molecular flexibility index (Phi) is 3.40. The van der Waals surface area contributed by atoms with Crippen LogP contribution in [0.15, 0.2) is 41.2 Å². The van der Waals surface area contributed by atoms with Crippen molar-refractivity contribution in [2.75, 3.05) is 0 Å². The van der Waals surface area contributed by atoms with Crippen molar-refractivity contribution < 1.29 is 4.79 Å². The number of carbonyl (C=O) groups is 1. The van der Waals surface area contributed by atoms with Crippen molar-refractivity contribution >= 4 is 28.4 Å². The molecule has 20 heavy (non-hydrogen) atoms. The summed E-state index contributed by atoms with van der Waals surface area (Å²) in [7, 11) is 0. The zero-order valence-electron chi connectivity index (χ0n) is 10.5. The summed E-state index contributed by atoms with van der Waals surface area (Å²) in [5.74, 6) is 0. The van der Waals surface area contributed by atoms with Gasteiger partial charge in [-0.1, -0.05) is 23.7 Å². The van der Waals surface area contributed by atoms with E-state index in [1.54, 1.807) is 22.8 Å². The number of hydrogen-bond donors (Lipinski definition) is 0. The molecule has 0 atom stereocenters. The standard InChI is InChI=1S/C15H11Cl2NO2/c16-10-3-1-9(2-4-10)13-8-7-12(14(17)19)15(20)18(13)11-5-6-11/h1-4,7-8,11H,5-6H2. The Balaban J connectivity index is 2.21. The fraction of sp³-hybridized carbons (Fsp3) is 0.200. The molecular formula is C15H11Cl2NO2. The first-order valence-electron chi connectivity index (χ1n) is 6.29. The van der Waals surface area contributed by atoms with Gasteiger partial charge < -0.3 is 4.57 Å². The Morgan fingerprint density at radius 3 is 2.30 bits per heavy atom. The summed E-state index contributed by atoms with van der Waals surface area (Å²) in [5.41, 5.74) is 1.39. The Morgan fingerprint density at radius 2 is 1.75 bits per heavy atom. The summed E-state index contributed by atoms with van der Waals surface area (Å²) in [6.45, 7) is 0. The fourth-order valence-corrected chi connectivity index (χ4v) is 2.52. The summed E-state index contributed by atoms with van der Waals surface area (Å²) in [6.07, 6.45) is 1.89. The van der Waals surface area contributed by atoms with E-state index in [0.29, 0.717) is 5.02 Å². The minimum Gasteiger partial charge on any atom is -0.305 e. The second-order valence-corrected chi connectivity index (χ2v) is 5.60. The van der Waals surface area contributed by atoms with Gasteiger partial charge in [-0.25, -0.2) is 0 Å². The number of rotatable bonds is 3. The first kappa shape index (κ1) is 13.4. The maximum absolute atomic E-state index is 12.4. The smallest absolute Gasteiger partial charge is 0.263 e. The van der Waals surface area contributed by atoms with Crippen molar-refractivity contribution in [3.05, 3.63) is 57.3 Å². The zero-order chi connectivity index (χ0) is 14.3. The van der Waals surface area contributed by atoms with E-state index in [-0.39, 0.29) is 17.2 Å². The van der Waals surface area contributed by atoms with Crippen LogP contribution in [-0.2, 0) is 0 Å². The van der Waals surface area contributed by atoms with Crippen molar-refractivity contribution in [3.8, 4) is 11.3 Å². The summed E-state index contributed by atoms with van der Waals surface area (Å²) in [6, 6.07) is 10.7. The van der Waals surface area contributed by atoms with Gasteiger partial charge >= 0.3 is 0 Å². The third-order valence-electron chi connectivity index (χ3n) is 3.38. The minimum absolute atomic E-state index is 0.0243. The van der Waals surface area contributed by atoms with Gasteiger partial charge in [0.15, 0.2) is 0 Å². The molecule has 1 aliphatic rings. The van der Waals surface area contributed by atoms with Crippen molar-refractivity contribution in [2.24, 2.45) is 0 Å². The van der Waals surface area contributed by atoms with E-state index in [1.807, 2.05) is 12.1 Å². The van der Waals surface area contributed by atoms with Crippen LogP contribution in [0.1, 0.15) is 29.2 Å². The molecule has 1 heterocycles. The van der Waals surface area contributed by atoms with E-state index in [2.05, 4.69) is 0 Å². The van der Waals surface area contributed by atoms with Crippen LogP contribution < -0.4 is 5.56 Å². The van der Waals surface area contributed by atoms with Crippen LogP contribution in [-0.4, -0.2) is 9.81 Å². The summed E-state index contributed by atoms with van der Waals surface area (Å²) < 4.78 is 1.67. The number of aromatic nitrogens is 1. The molecule has 1 aromatic heterocycles. The molecule has 0 unspecified atom stereocenters. The zero-order valence-corrected chi connectivity index (χ0v) is 12.0. The molecule has 0 aliphatic heterocycles. The van der Waals surface area contributed by atoms with Crippen LogP contribution >= 0.6 is 23.2 Å². The van der Waals surface area contributed by atoms with Crippen LogP contribution in [0.25, 0.3) is 11.3 Å². The van der Waals surface area contributed by atoms with E-state index >= 15 is 0 Å². The van der Waals surface area contributed by atoms with Gasteiger partial charge in [-0.15, -0.1) is 0 Å². The maximum atomic E-state index is 12.4. The largest absolute Gasteiger partial charge is 0.305 e. The van der Waals surface area contributed by atoms with Crippen LogP contribution in [0.3, 0.4) is 0 Å². The molecule has 3 nitrogen and oxygen atoms in total. The fourth-order valence-electron chi connectivity index (χ4n) is 2.25. The highest BCUT2D eigenvalue weighted by Crippen LogP contribution is 2.37. The summed E-state index contributed by atoms with van der Waals surface area (Å²) in [4.78, 5) is 23.7. The predicted octanol–water partition coefficient (Wildman–Crippen LogP) is 3.88. The Bertz CT molecular complexity index is 731. The minimum atomic E-state index is -0.716. The molecule has 0 amide bonds. The van der Waals surface area contributed by atoms with Gasteiger partial charge in [-0.3, -0.25) is 9.59 Å². The lowest BCUT2D eigenvalue weighted by Gasteiger charge is -2.13. The highest BCUT2D eigenvalue weighted by Gasteiger charge is 2.28. The molecular weight excluding hydrogens is 297 g/mol. The van der Waals surface area contributed by atoms with Gasteiger partial charge in [0, 0.05) is 11.1 Å². The van der Waals surface area contributed by atoms with Gasteiger partial charge in [0.2, 0.25) is 0 Å². The van der Waals surface area contributed by atoms with Crippen LogP contribution in [0, 0.1) is 0 Å². The van der Waals surface area contributed by atoms with Crippen LogP contribution in [0.2, 0.25) is 5.02 Å². The van der Waals surface area contributed by atoms with Crippen molar-refractivity contribution in [1.29, 1.82) is 0 Å². The molecule has 0 N–H and O–H groups in total. The molecule has 0 radical (unpaired) electrons. The quantitative estimate of drug-likeness (QED) is 0.807. The third-order valence-corrected chi connectivity index (χ3v) is 3.84. The normalized spacial score (nSPS) is 14.3. The lowest BCUT2D eigenvalue weighted by molar-refractivity contribution is 0.107. The van der Waals surface area contributed by atoms with Gasteiger partial charge in [0.05, 0.1) is 11.3 Å². The average molecular weight is 308 g/mol. The second-order valence-electron chi connectivity index (χ2n) is 4.82. The topological polar surface area (TPSA) is 39.1 Å². The summed E-state index contributed by atoms with van der Waals surface area (Å²) >= 11 is 11.3. The van der Waals surface area contributed by atoms with Gasteiger partial charge in [-0.2, -0.15) is 0 Å². The molecule has 1 fully saturated rings. The van der Waals surface area contributed by atoms with Gasteiger partial charge in [0.1, 0.15) is 0 Å². The van der Waals surface area contributed by atoms with E-state index in [1.165, 1.54) is 6.07 Å². The molecule has 1 saturated carbocycles. The average Bonchev–Trinajstić information content (AvgIpc) is 3.23.